The number of anilines is 2. The van der Waals surface area contributed by atoms with Crippen LogP contribution in [0.2, 0.25) is 0 Å². The number of methoxy groups -OCH3 is 2. The van der Waals surface area contributed by atoms with Gasteiger partial charge in [-0.1, -0.05) is 0 Å². The van der Waals surface area contributed by atoms with Crippen molar-refractivity contribution in [1.29, 1.82) is 0 Å². The Kier molecular flexibility index (Phi) is 6.62. The number of hydrogen-bond donors (Lipinski definition) is 2. The molecule has 10 nitrogen and oxygen atoms in total. The molecule has 39 heavy (non-hydrogen) atoms. The highest BCUT2D eigenvalue weighted by Gasteiger charge is 2.37. The number of urea groups is 1. The van der Waals surface area contributed by atoms with Gasteiger partial charge in [0.1, 0.15) is 17.2 Å². The molecular weight excluding hydrogens is 519 g/mol. The molecule has 0 aliphatic carbocycles. The fourth-order valence-electron chi connectivity index (χ4n) is 5.07. The molecule has 1 unspecified atom stereocenters. The molecular formula is C26H26F3N5O5. The van der Waals surface area contributed by atoms with Crippen LogP contribution in [0.4, 0.5) is 29.3 Å². The third-order valence-electron chi connectivity index (χ3n) is 6.96. The minimum atomic E-state index is -4.82. The molecule has 2 amide bonds. The van der Waals surface area contributed by atoms with Crippen molar-refractivity contribution in [3.63, 3.8) is 0 Å². The van der Waals surface area contributed by atoms with Crippen LogP contribution in [0.5, 0.6) is 11.5 Å². The number of benzene rings is 2. The summed E-state index contributed by atoms with van der Waals surface area (Å²) >= 11 is 0. The van der Waals surface area contributed by atoms with Gasteiger partial charge in [0.05, 0.1) is 37.3 Å². The van der Waals surface area contributed by atoms with Gasteiger partial charge < -0.3 is 25.2 Å². The minimum Gasteiger partial charge on any atom is -0.497 e. The Morgan fingerprint density at radius 3 is 2.36 bits per heavy atom. The summed E-state index contributed by atoms with van der Waals surface area (Å²) in [6.45, 7) is 0.738. The Hall–Kier alpha value is -4.26. The normalized spacial score (nSPS) is 16.9. The van der Waals surface area contributed by atoms with Gasteiger partial charge in [0, 0.05) is 42.5 Å². The highest BCUT2D eigenvalue weighted by Crippen LogP contribution is 2.39. The largest absolute Gasteiger partial charge is 0.497 e. The zero-order chi connectivity index (χ0) is 28.1. The Morgan fingerprint density at radius 2 is 1.79 bits per heavy atom. The van der Waals surface area contributed by atoms with Gasteiger partial charge in [0.15, 0.2) is 0 Å². The zero-order valence-electron chi connectivity index (χ0n) is 21.2. The molecule has 1 saturated heterocycles. The third-order valence-corrected chi connectivity index (χ3v) is 6.96. The smallest absolute Gasteiger partial charge is 0.418 e. The summed E-state index contributed by atoms with van der Waals surface area (Å²) in [5.41, 5.74) is 4.25. The molecule has 2 aromatic carbocycles. The summed E-state index contributed by atoms with van der Waals surface area (Å²) in [6.07, 6.45) is -4.76. The number of primary amides is 1. The average molecular weight is 546 g/mol. The van der Waals surface area contributed by atoms with Crippen molar-refractivity contribution >= 4 is 17.4 Å². The van der Waals surface area contributed by atoms with Crippen molar-refractivity contribution in [2.75, 3.05) is 43.7 Å². The van der Waals surface area contributed by atoms with Crippen LogP contribution in [0.25, 0.3) is 16.9 Å². The predicted octanol–water partition coefficient (Wildman–Crippen LogP) is 2.95. The van der Waals surface area contributed by atoms with Crippen molar-refractivity contribution in [1.82, 2.24) is 9.78 Å². The van der Waals surface area contributed by atoms with Gasteiger partial charge in [0.25, 0.3) is 5.56 Å². The number of hydrogen-bond acceptors (Lipinski definition) is 7. The van der Waals surface area contributed by atoms with Crippen LogP contribution in [0.15, 0.2) is 41.2 Å². The highest BCUT2D eigenvalue weighted by atomic mass is 19.4. The molecule has 3 heterocycles. The molecule has 2 aliphatic heterocycles. The maximum absolute atomic E-state index is 14.2. The molecule has 3 N–H and O–H groups in total. The number of nitrogens with zero attached hydrogens (tertiary/aromatic N) is 4. The number of nitrogens with two attached hydrogens (primary N) is 1. The molecule has 1 aromatic heterocycles. The van der Waals surface area contributed by atoms with Crippen LogP contribution in [0.3, 0.4) is 0 Å². The number of aliphatic hydroxyl groups is 1. The van der Waals surface area contributed by atoms with E-state index in [1.165, 1.54) is 26.4 Å². The zero-order valence-corrected chi connectivity index (χ0v) is 21.2. The van der Waals surface area contributed by atoms with Gasteiger partial charge >= 0.3 is 12.2 Å². The number of alkyl halides is 3. The van der Waals surface area contributed by atoms with Crippen LogP contribution in [-0.2, 0) is 12.6 Å². The third kappa shape index (κ3) is 4.73. The average Bonchev–Trinajstić information content (AvgIpc) is 3.55. The van der Waals surface area contributed by atoms with E-state index >= 15 is 0 Å². The quantitative estimate of drug-likeness (QED) is 0.505. The van der Waals surface area contributed by atoms with Crippen molar-refractivity contribution in [2.45, 2.75) is 25.1 Å². The van der Waals surface area contributed by atoms with Crippen LogP contribution < -0.4 is 30.6 Å². The van der Waals surface area contributed by atoms with Crippen molar-refractivity contribution in [3.8, 4) is 28.4 Å². The minimum absolute atomic E-state index is 0.0670. The fourth-order valence-corrected chi connectivity index (χ4v) is 5.07. The monoisotopic (exact) mass is 545 g/mol. The standard InChI is InChI=1S/C26H26F3N5O5/c1-38-17-9-14(10-18(12-17)39-2)22-19-6-8-33(25(30)37)23(19)24(36)34(31-22)21-11-15(32-7-5-16(35)13-32)3-4-20(21)26(27,28)29/h3-4,9-12,16,35H,5-8,13H2,1-2H3,(H2,30,37). The van der Waals surface area contributed by atoms with E-state index in [1.807, 2.05) is 0 Å². The SMILES string of the molecule is COc1cc(OC)cc(-c2nn(-c3cc(N4CCC(O)C4)ccc3C(F)(F)F)c(=O)c3c2CCN3C(N)=O)c1. The lowest BCUT2D eigenvalue weighted by Gasteiger charge is -2.23. The number of β-amino-alcohol motifs (C(OH)–C–C–N with tert-alkyl or cyclic N) is 1. The molecule has 0 saturated carbocycles. The summed E-state index contributed by atoms with van der Waals surface area (Å²) in [5, 5.41) is 14.4. The van der Waals surface area contributed by atoms with Crippen LogP contribution >= 0.6 is 0 Å². The van der Waals surface area contributed by atoms with Gasteiger partial charge in [-0.25, -0.2) is 4.79 Å². The second-order valence-corrected chi connectivity index (χ2v) is 9.32. The number of halogens is 3. The van der Waals surface area contributed by atoms with Crippen LogP contribution in [0.1, 0.15) is 17.5 Å². The van der Waals surface area contributed by atoms with E-state index in [0.717, 1.165) is 11.0 Å². The Morgan fingerprint density at radius 1 is 1.10 bits per heavy atom. The topological polar surface area (TPSA) is 123 Å². The van der Waals surface area contributed by atoms with E-state index in [9.17, 15) is 27.9 Å². The van der Waals surface area contributed by atoms with Gasteiger partial charge in [-0.05, 0) is 43.2 Å². The van der Waals surface area contributed by atoms with Crippen molar-refractivity contribution in [3.05, 3.63) is 57.9 Å². The summed E-state index contributed by atoms with van der Waals surface area (Å²) in [7, 11) is 2.89. The number of ether oxygens (including phenoxy) is 2. The van der Waals surface area contributed by atoms with E-state index in [1.54, 1.807) is 23.1 Å². The van der Waals surface area contributed by atoms with Crippen LogP contribution in [-0.4, -0.2) is 60.9 Å². The molecule has 1 atom stereocenters. The number of amides is 2. The van der Waals surface area contributed by atoms with Gasteiger partial charge in [-0.15, -0.1) is 0 Å². The summed E-state index contributed by atoms with van der Waals surface area (Å²) in [4.78, 5) is 28.8. The first-order valence-electron chi connectivity index (χ1n) is 12.1. The first-order valence-corrected chi connectivity index (χ1v) is 12.1. The first-order chi connectivity index (χ1) is 18.5. The summed E-state index contributed by atoms with van der Waals surface area (Å²) in [5.74, 6) is 0.793. The summed E-state index contributed by atoms with van der Waals surface area (Å²) < 4.78 is 54.0. The van der Waals surface area contributed by atoms with Gasteiger partial charge in [-0.3, -0.25) is 9.69 Å². The fraction of sp³-hybridized carbons (Fsp3) is 0.346. The predicted molar refractivity (Wildman–Crippen MR) is 137 cm³/mol. The van der Waals surface area contributed by atoms with E-state index < -0.39 is 35.1 Å². The van der Waals surface area contributed by atoms with E-state index in [4.69, 9.17) is 15.2 Å². The molecule has 0 radical (unpaired) electrons. The van der Waals surface area contributed by atoms with E-state index in [2.05, 4.69) is 5.10 Å². The van der Waals surface area contributed by atoms with Gasteiger partial charge in [-0.2, -0.15) is 23.0 Å². The Labute approximate surface area is 221 Å². The Balaban J connectivity index is 1.81. The lowest BCUT2D eigenvalue weighted by molar-refractivity contribution is -0.137. The van der Waals surface area contributed by atoms with Gasteiger partial charge in [0.2, 0.25) is 0 Å². The molecule has 2 aliphatic rings. The maximum Gasteiger partial charge on any atom is 0.418 e. The van der Waals surface area contributed by atoms with E-state index in [0.29, 0.717) is 46.0 Å². The Bertz CT molecular complexity index is 1480. The molecule has 1 fully saturated rings. The second kappa shape index (κ2) is 9.80. The first kappa shape index (κ1) is 26.4. The molecule has 5 rings (SSSR count). The number of rotatable bonds is 5. The number of fused-ring (bicyclic) bond motifs is 1. The molecule has 206 valence electrons. The lowest BCUT2D eigenvalue weighted by atomic mass is 10.0. The highest BCUT2D eigenvalue weighted by molar-refractivity contribution is 5.94. The van der Waals surface area contributed by atoms with Crippen molar-refractivity contribution in [2.24, 2.45) is 5.73 Å². The van der Waals surface area contributed by atoms with E-state index in [-0.39, 0.29) is 30.9 Å². The molecule has 3 aromatic rings. The molecule has 13 heteroatoms. The molecule has 0 spiro atoms. The van der Waals surface area contributed by atoms with Crippen LogP contribution in [0, 0.1) is 0 Å². The number of carbonyl (C=O) groups is 1. The lowest BCUT2D eigenvalue weighted by Crippen LogP contribution is -2.39. The number of aromatic nitrogens is 2. The van der Waals surface area contributed by atoms with Crippen molar-refractivity contribution < 1.29 is 32.5 Å². The second-order valence-electron chi connectivity index (χ2n) is 9.32. The number of carbonyl (C=O) groups excluding carboxylic acids is 1. The summed E-state index contributed by atoms with van der Waals surface area (Å²) in [6, 6.07) is 7.34. The molecule has 0 bridgehead atoms. The number of aliphatic hydroxyl groups excluding tert-OH is 1. The maximum atomic E-state index is 14.2.